The summed E-state index contributed by atoms with van der Waals surface area (Å²) in [5.74, 6) is -0.0257. The first-order valence-electron chi connectivity index (χ1n) is 4.96. The summed E-state index contributed by atoms with van der Waals surface area (Å²) in [6.45, 7) is 0.180. The lowest BCUT2D eigenvalue weighted by Crippen LogP contribution is -2.28. The molecule has 1 heterocycles. The van der Waals surface area contributed by atoms with E-state index in [9.17, 15) is 4.79 Å². The highest BCUT2D eigenvalue weighted by atomic mass is 16.4. The summed E-state index contributed by atoms with van der Waals surface area (Å²) in [6, 6.07) is 7.83. The summed E-state index contributed by atoms with van der Waals surface area (Å²) in [6.07, 6.45) is 0. The van der Waals surface area contributed by atoms with Gasteiger partial charge in [-0.15, -0.1) is 0 Å². The number of aromatic nitrogens is 1. The van der Waals surface area contributed by atoms with Crippen molar-refractivity contribution in [3.05, 3.63) is 24.3 Å². The number of benzene rings is 1. The highest BCUT2D eigenvalue weighted by Gasteiger charge is 2.07. The first-order chi connectivity index (χ1) is 7.66. The van der Waals surface area contributed by atoms with E-state index in [-0.39, 0.29) is 12.5 Å². The number of likely N-dealkylation sites (N-methyl/N-ethyl adjacent to an activating group) is 1. The van der Waals surface area contributed by atoms with Crippen LogP contribution < -0.4 is 5.32 Å². The lowest BCUT2D eigenvalue weighted by molar-refractivity contribution is -0.126. The number of fused-ring (bicyclic) bond motifs is 1. The third kappa shape index (κ3) is 2.13. The Morgan fingerprint density at radius 2 is 2.19 bits per heavy atom. The lowest BCUT2D eigenvalue weighted by Gasteiger charge is -2.09. The number of nitrogens with one attached hydrogen (secondary N) is 1. The fourth-order valence-electron chi connectivity index (χ4n) is 1.26. The molecular formula is C11H13N3O2. The van der Waals surface area contributed by atoms with Crippen molar-refractivity contribution in [2.75, 3.05) is 26.0 Å². The van der Waals surface area contributed by atoms with Gasteiger partial charge in [-0.05, 0) is 12.1 Å². The molecule has 0 saturated carbocycles. The van der Waals surface area contributed by atoms with Crippen LogP contribution in [-0.4, -0.2) is 36.4 Å². The van der Waals surface area contributed by atoms with Crippen LogP contribution in [0.1, 0.15) is 0 Å². The average molecular weight is 219 g/mol. The van der Waals surface area contributed by atoms with Gasteiger partial charge >= 0.3 is 0 Å². The number of anilines is 1. The molecule has 0 spiro atoms. The topological polar surface area (TPSA) is 58.4 Å². The van der Waals surface area contributed by atoms with E-state index in [1.165, 1.54) is 4.90 Å². The minimum Gasteiger partial charge on any atom is -0.424 e. The summed E-state index contributed by atoms with van der Waals surface area (Å²) >= 11 is 0. The molecule has 84 valence electrons. The molecule has 16 heavy (non-hydrogen) atoms. The van der Waals surface area contributed by atoms with Crippen LogP contribution in [0.2, 0.25) is 0 Å². The van der Waals surface area contributed by atoms with Crippen molar-refractivity contribution in [3.63, 3.8) is 0 Å². The zero-order valence-electron chi connectivity index (χ0n) is 9.23. The van der Waals surface area contributed by atoms with Crippen LogP contribution in [0.5, 0.6) is 0 Å². The molecule has 2 aromatic rings. The number of oxazole rings is 1. The molecule has 0 aliphatic heterocycles. The second kappa shape index (κ2) is 4.22. The van der Waals surface area contributed by atoms with E-state index in [0.717, 1.165) is 5.52 Å². The molecule has 0 radical (unpaired) electrons. The first-order valence-corrected chi connectivity index (χ1v) is 4.96. The smallest absolute Gasteiger partial charge is 0.296 e. The molecule has 0 aliphatic rings. The van der Waals surface area contributed by atoms with E-state index in [1.807, 2.05) is 24.3 Å². The Morgan fingerprint density at radius 1 is 1.44 bits per heavy atom. The van der Waals surface area contributed by atoms with Crippen LogP contribution in [0, 0.1) is 0 Å². The zero-order valence-corrected chi connectivity index (χ0v) is 9.23. The summed E-state index contributed by atoms with van der Waals surface area (Å²) in [7, 11) is 3.41. The summed E-state index contributed by atoms with van der Waals surface area (Å²) in [4.78, 5) is 17.0. The minimum atomic E-state index is -0.0257. The molecular weight excluding hydrogens is 206 g/mol. The largest absolute Gasteiger partial charge is 0.424 e. The molecule has 0 unspecified atom stereocenters. The van der Waals surface area contributed by atoms with Crippen molar-refractivity contribution < 1.29 is 9.21 Å². The van der Waals surface area contributed by atoms with Gasteiger partial charge in [-0.2, -0.15) is 4.98 Å². The van der Waals surface area contributed by atoms with Gasteiger partial charge in [-0.25, -0.2) is 0 Å². The molecule has 0 aliphatic carbocycles. The molecule has 1 amide bonds. The molecule has 1 aromatic heterocycles. The Morgan fingerprint density at radius 3 is 2.88 bits per heavy atom. The summed E-state index contributed by atoms with van der Waals surface area (Å²) in [5, 5.41) is 2.85. The SMILES string of the molecule is CN(C)C(=O)CNc1nc2ccccc2o1. The van der Waals surface area contributed by atoms with E-state index in [0.29, 0.717) is 11.6 Å². The van der Waals surface area contributed by atoms with Crippen molar-refractivity contribution in [1.29, 1.82) is 0 Å². The Kier molecular flexibility index (Phi) is 2.76. The van der Waals surface area contributed by atoms with Crippen molar-refractivity contribution in [3.8, 4) is 0 Å². The van der Waals surface area contributed by atoms with E-state index < -0.39 is 0 Å². The number of para-hydroxylation sites is 2. The third-order valence-electron chi connectivity index (χ3n) is 2.18. The fourth-order valence-corrected chi connectivity index (χ4v) is 1.26. The van der Waals surface area contributed by atoms with E-state index in [1.54, 1.807) is 14.1 Å². The predicted molar refractivity (Wildman–Crippen MR) is 61.2 cm³/mol. The maximum absolute atomic E-state index is 11.3. The number of hydrogen-bond acceptors (Lipinski definition) is 4. The lowest BCUT2D eigenvalue weighted by atomic mass is 10.3. The predicted octanol–water partition coefficient (Wildman–Crippen LogP) is 1.33. The van der Waals surface area contributed by atoms with E-state index in [2.05, 4.69) is 10.3 Å². The van der Waals surface area contributed by atoms with Crippen LogP contribution in [0.3, 0.4) is 0 Å². The molecule has 0 fully saturated rings. The van der Waals surface area contributed by atoms with Crippen LogP contribution in [0.15, 0.2) is 28.7 Å². The van der Waals surface area contributed by atoms with Gasteiger partial charge < -0.3 is 14.6 Å². The van der Waals surface area contributed by atoms with Crippen LogP contribution in [0.25, 0.3) is 11.1 Å². The number of carbonyl (C=O) groups excluding carboxylic acids is 1. The number of rotatable bonds is 3. The fraction of sp³-hybridized carbons (Fsp3) is 0.273. The van der Waals surface area contributed by atoms with Gasteiger partial charge in [0.15, 0.2) is 5.58 Å². The van der Waals surface area contributed by atoms with Gasteiger partial charge in [0, 0.05) is 14.1 Å². The van der Waals surface area contributed by atoms with Crippen LogP contribution >= 0.6 is 0 Å². The summed E-state index contributed by atoms with van der Waals surface area (Å²) < 4.78 is 5.41. The van der Waals surface area contributed by atoms with Crippen LogP contribution in [-0.2, 0) is 4.79 Å². The highest BCUT2D eigenvalue weighted by molar-refractivity contribution is 5.80. The first kappa shape index (κ1) is 10.5. The maximum atomic E-state index is 11.3. The molecule has 2 rings (SSSR count). The van der Waals surface area contributed by atoms with Crippen molar-refractivity contribution in [1.82, 2.24) is 9.88 Å². The van der Waals surface area contributed by atoms with Crippen molar-refractivity contribution in [2.45, 2.75) is 0 Å². The quantitative estimate of drug-likeness (QED) is 0.846. The van der Waals surface area contributed by atoms with Gasteiger partial charge in [0.25, 0.3) is 6.01 Å². The molecule has 0 bridgehead atoms. The van der Waals surface area contributed by atoms with Gasteiger partial charge in [0.2, 0.25) is 5.91 Å². The van der Waals surface area contributed by atoms with Gasteiger partial charge in [-0.3, -0.25) is 4.79 Å². The average Bonchev–Trinajstić information content (AvgIpc) is 2.68. The molecule has 5 heteroatoms. The normalized spacial score (nSPS) is 10.4. The zero-order chi connectivity index (χ0) is 11.5. The van der Waals surface area contributed by atoms with Gasteiger partial charge in [0.05, 0.1) is 6.54 Å². The third-order valence-corrected chi connectivity index (χ3v) is 2.18. The van der Waals surface area contributed by atoms with Crippen LogP contribution in [0.4, 0.5) is 6.01 Å². The Hall–Kier alpha value is -2.04. The van der Waals surface area contributed by atoms with Crippen molar-refractivity contribution in [2.24, 2.45) is 0 Å². The van der Waals surface area contributed by atoms with E-state index >= 15 is 0 Å². The number of carbonyl (C=O) groups is 1. The van der Waals surface area contributed by atoms with Gasteiger partial charge in [0.1, 0.15) is 5.52 Å². The Bertz CT molecular complexity index is 472. The Labute approximate surface area is 93.1 Å². The second-order valence-electron chi connectivity index (χ2n) is 3.63. The molecule has 5 nitrogen and oxygen atoms in total. The standard InChI is InChI=1S/C11H13N3O2/c1-14(2)10(15)7-12-11-13-8-5-3-4-6-9(8)16-11/h3-6H,7H2,1-2H3,(H,12,13). The van der Waals surface area contributed by atoms with Crippen molar-refractivity contribution >= 4 is 23.0 Å². The number of nitrogens with zero attached hydrogens (tertiary/aromatic N) is 2. The number of hydrogen-bond donors (Lipinski definition) is 1. The molecule has 1 aromatic carbocycles. The maximum Gasteiger partial charge on any atom is 0.296 e. The summed E-state index contributed by atoms with van der Waals surface area (Å²) in [5.41, 5.74) is 1.49. The molecule has 0 saturated heterocycles. The monoisotopic (exact) mass is 219 g/mol. The van der Waals surface area contributed by atoms with E-state index in [4.69, 9.17) is 4.42 Å². The molecule has 0 atom stereocenters. The second-order valence-corrected chi connectivity index (χ2v) is 3.63. The Balaban J connectivity index is 2.07. The minimum absolute atomic E-state index is 0.0257. The number of amides is 1. The molecule has 1 N–H and O–H groups in total. The highest BCUT2D eigenvalue weighted by Crippen LogP contribution is 2.17. The van der Waals surface area contributed by atoms with Gasteiger partial charge in [-0.1, -0.05) is 12.1 Å².